The van der Waals surface area contributed by atoms with Gasteiger partial charge in [0.25, 0.3) is 0 Å². The predicted octanol–water partition coefficient (Wildman–Crippen LogP) is 12.0. The van der Waals surface area contributed by atoms with Crippen LogP contribution in [-0.4, -0.2) is 0 Å². The molecule has 0 aromatic heterocycles. The van der Waals surface area contributed by atoms with E-state index < -0.39 is 0 Å². The van der Waals surface area contributed by atoms with Gasteiger partial charge in [-0.25, -0.2) is 0 Å². The first-order chi connectivity index (χ1) is 21.6. The van der Waals surface area contributed by atoms with Gasteiger partial charge in [-0.15, -0.1) is 0 Å². The molecule has 44 heavy (non-hydrogen) atoms. The third-order valence-corrected chi connectivity index (χ3v) is 7.38. The van der Waals surface area contributed by atoms with Gasteiger partial charge >= 0.3 is 0 Å². The van der Waals surface area contributed by atoms with Crippen LogP contribution >= 0.6 is 0 Å². The third kappa shape index (κ3) is 7.24. The van der Waals surface area contributed by atoms with Crippen LogP contribution in [0.5, 0.6) is 0 Å². The predicted molar refractivity (Wildman–Crippen MR) is 192 cm³/mol. The van der Waals surface area contributed by atoms with Crippen molar-refractivity contribution in [1.29, 1.82) is 0 Å². The zero-order valence-electron chi connectivity index (χ0n) is 25.5. The van der Waals surface area contributed by atoms with Crippen molar-refractivity contribution in [2.24, 2.45) is 0 Å². The molecule has 0 amide bonds. The molecule has 5 aromatic rings. The summed E-state index contributed by atoms with van der Waals surface area (Å²) in [5, 5.41) is 0. The van der Waals surface area contributed by atoms with Crippen LogP contribution in [0.4, 0.5) is 22.7 Å². The Morgan fingerprint density at radius 1 is 0.568 bits per heavy atom. The van der Waals surface area contributed by atoms with Crippen LogP contribution in [0.1, 0.15) is 25.0 Å². The molecule has 0 saturated carbocycles. The zero-order valence-corrected chi connectivity index (χ0v) is 25.5. The molecule has 0 aliphatic rings. The van der Waals surface area contributed by atoms with Crippen molar-refractivity contribution < 1.29 is 0 Å². The van der Waals surface area contributed by atoms with Crippen LogP contribution in [0.3, 0.4) is 0 Å². The van der Waals surface area contributed by atoms with Crippen LogP contribution in [0, 0.1) is 0 Å². The van der Waals surface area contributed by atoms with Crippen molar-refractivity contribution in [3.63, 3.8) is 0 Å². The smallest absolute Gasteiger partial charge is 0.0462 e. The van der Waals surface area contributed by atoms with Gasteiger partial charge in [0.05, 0.1) is 0 Å². The van der Waals surface area contributed by atoms with E-state index in [0.29, 0.717) is 0 Å². The van der Waals surface area contributed by atoms with E-state index in [9.17, 15) is 0 Å². The normalized spacial score (nSPS) is 11.5. The molecule has 0 bridgehead atoms. The monoisotopic (exact) mass is 570 g/mol. The van der Waals surface area contributed by atoms with Crippen molar-refractivity contribution in [2.75, 3.05) is 9.80 Å². The summed E-state index contributed by atoms with van der Waals surface area (Å²) >= 11 is 0. The maximum absolute atomic E-state index is 4.24. The molecule has 216 valence electrons. The lowest BCUT2D eigenvalue weighted by Gasteiger charge is -2.26. The van der Waals surface area contributed by atoms with Gasteiger partial charge in [-0.1, -0.05) is 122 Å². The van der Waals surface area contributed by atoms with Crippen molar-refractivity contribution in [3.05, 3.63) is 193 Å². The Kier molecular flexibility index (Phi) is 9.87. The average molecular weight is 571 g/mol. The maximum Gasteiger partial charge on any atom is 0.0462 e. The lowest BCUT2D eigenvalue weighted by molar-refractivity contribution is 1.10. The number of nitrogens with zero attached hydrogens (tertiary/aromatic N) is 2. The first-order valence-electron chi connectivity index (χ1n) is 14.9. The quantitative estimate of drug-likeness (QED) is 0.115. The van der Waals surface area contributed by atoms with E-state index in [1.165, 1.54) is 11.1 Å². The fraction of sp³-hybridized carbons (Fsp3) is 0.0476. The first kappa shape index (κ1) is 29.9. The van der Waals surface area contributed by atoms with E-state index in [2.05, 4.69) is 163 Å². The number of benzene rings is 5. The van der Waals surface area contributed by atoms with Crippen molar-refractivity contribution in [2.45, 2.75) is 13.8 Å². The van der Waals surface area contributed by atoms with E-state index >= 15 is 0 Å². The molecular weight excluding hydrogens is 532 g/mol. The minimum atomic E-state index is 0.908. The topological polar surface area (TPSA) is 6.48 Å². The summed E-state index contributed by atoms with van der Waals surface area (Å²) < 4.78 is 0. The fourth-order valence-electron chi connectivity index (χ4n) is 5.23. The van der Waals surface area contributed by atoms with Gasteiger partial charge in [-0.05, 0) is 96.8 Å². The van der Waals surface area contributed by atoms with Crippen LogP contribution < -0.4 is 9.80 Å². The van der Waals surface area contributed by atoms with Gasteiger partial charge < -0.3 is 9.80 Å². The Bertz CT molecular complexity index is 1720. The largest absolute Gasteiger partial charge is 0.315 e. The SMILES string of the molecule is C=CC=C(C)N(C(=C)C=CC)c1ccc(C=Cc2ccc(-c3ccc(N(c4ccccc4)c4ccccc4)cc3)cc2)cc1. The number of allylic oxidation sites excluding steroid dienone is 5. The highest BCUT2D eigenvalue weighted by molar-refractivity contribution is 5.79. The Hall–Kier alpha value is -5.60. The fourth-order valence-corrected chi connectivity index (χ4v) is 5.23. The number of anilines is 4. The van der Waals surface area contributed by atoms with Gasteiger partial charge in [0.1, 0.15) is 0 Å². The van der Waals surface area contributed by atoms with E-state index in [0.717, 1.165) is 45.3 Å². The van der Waals surface area contributed by atoms with E-state index in [-0.39, 0.29) is 0 Å². The molecule has 5 rings (SSSR count). The van der Waals surface area contributed by atoms with Crippen molar-refractivity contribution in [1.82, 2.24) is 0 Å². The minimum absolute atomic E-state index is 0.908. The number of hydrogen-bond donors (Lipinski definition) is 0. The van der Waals surface area contributed by atoms with Gasteiger partial charge in [-0.2, -0.15) is 0 Å². The summed E-state index contributed by atoms with van der Waals surface area (Å²) in [5.74, 6) is 0. The summed E-state index contributed by atoms with van der Waals surface area (Å²) in [6, 6.07) is 46.9. The molecule has 0 radical (unpaired) electrons. The number of para-hydroxylation sites is 2. The summed E-state index contributed by atoms with van der Waals surface area (Å²) in [6.07, 6.45) is 12.1. The van der Waals surface area contributed by atoms with Crippen molar-refractivity contribution >= 4 is 34.9 Å². The second kappa shape index (κ2) is 14.5. The molecule has 0 aliphatic carbocycles. The lowest BCUT2D eigenvalue weighted by atomic mass is 10.0. The highest BCUT2D eigenvalue weighted by atomic mass is 15.1. The van der Waals surface area contributed by atoms with Gasteiger partial charge in [0.2, 0.25) is 0 Å². The van der Waals surface area contributed by atoms with E-state index in [1.807, 2.05) is 37.3 Å². The summed E-state index contributed by atoms with van der Waals surface area (Å²) in [4.78, 5) is 4.40. The van der Waals surface area contributed by atoms with Crippen LogP contribution in [0.25, 0.3) is 23.3 Å². The second-order valence-electron chi connectivity index (χ2n) is 10.5. The van der Waals surface area contributed by atoms with Gasteiger partial charge in [0, 0.05) is 34.1 Å². The molecule has 0 unspecified atom stereocenters. The standard InChI is InChI=1S/C42H38N2/c1-5-13-33(3)43(34(4)14-6-2)41-29-23-36(24-30-41)20-19-35-21-25-37(26-22-35)38-27-31-42(32-28-38)44(39-15-9-7-10-16-39)40-17-11-8-12-18-40/h5-32H,1,4H2,2-3H3. The summed E-state index contributed by atoms with van der Waals surface area (Å²) in [7, 11) is 0. The average Bonchev–Trinajstić information content (AvgIpc) is 3.06. The Morgan fingerprint density at radius 3 is 1.48 bits per heavy atom. The molecule has 0 aliphatic heterocycles. The summed E-state index contributed by atoms with van der Waals surface area (Å²) in [6.45, 7) is 12.1. The van der Waals surface area contributed by atoms with E-state index in [1.54, 1.807) is 6.08 Å². The second-order valence-corrected chi connectivity index (χ2v) is 10.5. The Balaban J connectivity index is 1.30. The van der Waals surface area contributed by atoms with E-state index in [4.69, 9.17) is 0 Å². The molecule has 0 fully saturated rings. The Labute approximate surface area is 262 Å². The minimum Gasteiger partial charge on any atom is -0.315 e. The van der Waals surface area contributed by atoms with Crippen molar-refractivity contribution in [3.8, 4) is 11.1 Å². The molecule has 5 aromatic carbocycles. The van der Waals surface area contributed by atoms with Crippen LogP contribution in [0.2, 0.25) is 0 Å². The molecule has 0 spiro atoms. The first-order valence-corrected chi connectivity index (χ1v) is 14.9. The molecular formula is C42H38N2. The Morgan fingerprint density at radius 2 is 1.00 bits per heavy atom. The summed E-state index contributed by atoms with van der Waals surface area (Å²) in [5.41, 5.74) is 11.1. The zero-order chi connectivity index (χ0) is 30.7. The third-order valence-electron chi connectivity index (χ3n) is 7.38. The van der Waals surface area contributed by atoms with Gasteiger partial charge in [0.15, 0.2) is 0 Å². The molecule has 0 saturated heterocycles. The molecule has 0 atom stereocenters. The van der Waals surface area contributed by atoms with Crippen LogP contribution in [0.15, 0.2) is 182 Å². The maximum atomic E-state index is 4.24. The van der Waals surface area contributed by atoms with Crippen LogP contribution in [-0.2, 0) is 0 Å². The molecule has 0 heterocycles. The number of hydrogen-bond acceptors (Lipinski definition) is 2. The lowest BCUT2D eigenvalue weighted by Crippen LogP contribution is -2.18. The molecule has 0 N–H and O–H groups in total. The highest BCUT2D eigenvalue weighted by Gasteiger charge is 2.12. The highest BCUT2D eigenvalue weighted by Crippen LogP contribution is 2.35. The molecule has 2 nitrogen and oxygen atoms in total. The number of rotatable bonds is 11. The molecule has 2 heteroatoms. The van der Waals surface area contributed by atoms with Gasteiger partial charge in [-0.3, -0.25) is 0 Å².